The maximum absolute atomic E-state index is 13.4. The third-order valence-corrected chi connectivity index (χ3v) is 5.86. The molecule has 0 saturated carbocycles. The highest BCUT2D eigenvalue weighted by atomic mass is 32.2. The molecule has 0 saturated heterocycles. The van der Waals surface area contributed by atoms with Crippen molar-refractivity contribution in [2.24, 2.45) is 0 Å². The maximum atomic E-state index is 13.4. The van der Waals surface area contributed by atoms with Crippen LogP contribution in [0.4, 0.5) is 13.9 Å². The summed E-state index contributed by atoms with van der Waals surface area (Å²) in [5.74, 6) is -1.02. The van der Waals surface area contributed by atoms with E-state index in [-0.39, 0.29) is 11.0 Å². The smallest absolute Gasteiger partial charge is 0.258 e. The number of nitrogens with one attached hydrogen (secondary N) is 1. The Balaban J connectivity index is 1.53. The van der Waals surface area contributed by atoms with Crippen LogP contribution in [-0.2, 0) is 5.75 Å². The van der Waals surface area contributed by atoms with Crippen LogP contribution in [0.2, 0.25) is 0 Å². The summed E-state index contributed by atoms with van der Waals surface area (Å²) in [4.78, 5) is 17.6. The van der Waals surface area contributed by atoms with Gasteiger partial charge in [-0.1, -0.05) is 28.6 Å². The SMILES string of the molecule is Cc1cc(CSc2ccccc2C(=O)Nc2nc3cc(F)c(F)cc3s2)on1. The number of benzene rings is 2. The van der Waals surface area contributed by atoms with Crippen LogP contribution in [0.5, 0.6) is 0 Å². The zero-order valence-electron chi connectivity index (χ0n) is 14.5. The molecule has 0 bridgehead atoms. The van der Waals surface area contributed by atoms with E-state index >= 15 is 0 Å². The van der Waals surface area contributed by atoms with Gasteiger partial charge in [0.15, 0.2) is 16.8 Å². The molecule has 0 spiro atoms. The van der Waals surface area contributed by atoms with Crippen molar-refractivity contribution in [1.29, 1.82) is 0 Å². The van der Waals surface area contributed by atoms with E-state index in [4.69, 9.17) is 4.52 Å². The van der Waals surface area contributed by atoms with Crippen LogP contribution in [0.25, 0.3) is 10.2 Å². The minimum atomic E-state index is -0.972. The largest absolute Gasteiger partial charge is 0.360 e. The van der Waals surface area contributed by atoms with Crippen LogP contribution in [0.15, 0.2) is 51.9 Å². The second-order valence-corrected chi connectivity index (χ2v) is 7.97. The number of carbonyl (C=O) groups excluding carboxylic acids is 1. The summed E-state index contributed by atoms with van der Waals surface area (Å²) in [5, 5.41) is 6.82. The zero-order valence-corrected chi connectivity index (χ0v) is 16.2. The van der Waals surface area contributed by atoms with Crippen LogP contribution >= 0.6 is 23.1 Å². The van der Waals surface area contributed by atoms with Crippen molar-refractivity contribution in [3.05, 3.63) is 71.1 Å². The summed E-state index contributed by atoms with van der Waals surface area (Å²) in [7, 11) is 0. The van der Waals surface area contributed by atoms with Gasteiger partial charge in [-0.3, -0.25) is 10.1 Å². The number of aryl methyl sites for hydroxylation is 1. The molecule has 0 aliphatic rings. The molecular formula is C19H13F2N3O2S2. The average Bonchev–Trinajstić information content (AvgIpc) is 3.26. The van der Waals surface area contributed by atoms with Gasteiger partial charge in [-0.2, -0.15) is 0 Å². The molecule has 2 aromatic heterocycles. The quantitative estimate of drug-likeness (QED) is 0.440. The van der Waals surface area contributed by atoms with Crippen molar-refractivity contribution in [2.75, 3.05) is 5.32 Å². The Hall–Kier alpha value is -2.78. The number of carbonyl (C=O) groups is 1. The Morgan fingerprint density at radius 2 is 2.00 bits per heavy atom. The van der Waals surface area contributed by atoms with Crippen molar-refractivity contribution in [3.63, 3.8) is 0 Å². The van der Waals surface area contributed by atoms with E-state index in [1.165, 1.54) is 11.8 Å². The fourth-order valence-corrected chi connectivity index (χ4v) is 4.35. The summed E-state index contributed by atoms with van der Waals surface area (Å²) in [6, 6.07) is 11.1. The molecule has 1 amide bonds. The first-order valence-corrected chi connectivity index (χ1v) is 10.0. The van der Waals surface area contributed by atoms with Crippen molar-refractivity contribution < 1.29 is 18.1 Å². The first-order chi connectivity index (χ1) is 13.5. The Morgan fingerprint density at radius 1 is 1.21 bits per heavy atom. The fourth-order valence-electron chi connectivity index (χ4n) is 2.55. The van der Waals surface area contributed by atoms with Crippen LogP contribution < -0.4 is 5.32 Å². The summed E-state index contributed by atoms with van der Waals surface area (Å²) in [5.41, 5.74) is 1.56. The van der Waals surface area contributed by atoms with Crippen LogP contribution in [0.1, 0.15) is 21.8 Å². The number of rotatable bonds is 5. The lowest BCUT2D eigenvalue weighted by Crippen LogP contribution is -2.12. The predicted octanol–water partition coefficient (Wildman–Crippen LogP) is 5.42. The Labute approximate surface area is 166 Å². The van der Waals surface area contributed by atoms with E-state index in [2.05, 4.69) is 15.5 Å². The van der Waals surface area contributed by atoms with Gasteiger partial charge in [-0.15, -0.1) is 11.8 Å². The number of halogens is 2. The number of thioether (sulfide) groups is 1. The monoisotopic (exact) mass is 417 g/mol. The lowest BCUT2D eigenvalue weighted by molar-refractivity contribution is 0.102. The summed E-state index contributed by atoms with van der Waals surface area (Å²) < 4.78 is 32.4. The Morgan fingerprint density at radius 3 is 2.79 bits per heavy atom. The third kappa shape index (κ3) is 3.90. The summed E-state index contributed by atoms with van der Waals surface area (Å²) >= 11 is 2.53. The standard InChI is InChI=1S/C19H13F2N3O2S2/c1-10-6-11(26-24-10)9-27-16-5-3-2-4-12(16)18(25)23-19-22-15-7-13(20)14(21)8-17(15)28-19/h2-8H,9H2,1H3,(H,22,23,25). The Kier molecular flexibility index (Phi) is 5.10. The van der Waals surface area contributed by atoms with Gasteiger partial charge in [0.25, 0.3) is 5.91 Å². The van der Waals surface area contributed by atoms with E-state index in [9.17, 15) is 13.6 Å². The molecule has 142 valence electrons. The van der Waals surface area contributed by atoms with Gasteiger partial charge >= 0.3 is 0 Å². The van der Waals surface area contributed by atoms with E-state index in [0.29, 0.717) is 27.3 Å². The summed E-state index contributed by atoms with van der Waals surface area (Å²) in [6.07, 6.45) is 0. The van der Waals surface area contributed by atoms with Gasteiger partial charge in [0, 0.05) is 17.0 Å². The molecule has 0 fully saturated rings. The molecule has 28 heavy (non-hydrogen) atoms. The fraction of sp³-hybridized carbons (Fsp3) is 0.105. The highest BCUT2D eigenvalue weighted by Gasteiger charge is 2.16. The second-order valence-electron chi connectivity index (χ2n) is 5.93. The van der Waals surface area contributed by atoms with Gasteiger partial charge in [0.2, 0.25) is 0 Å². The van der Waals surface area contributed by atoms with Crippen LogP contribution in [0, 0.1) is 18.6 Å². The zero-order chi connectivity index (χ0) is 19.7. The number of nitrogens with zero attached hydrogens (tertiary/aromatic N) is 2. The highest BCUT2D eigenvalue weighted by molar-refractivity contribution is 7.98. The number of thiazole rings is 1. The van der Waals surface area contributed by atoms with Gasteiger partial charge in [0.05, 0.1) is 27.2 Å². The molecular weight excluding hydrogens is 404 g/mol. The van der Waals surface area contributed by atoms with Crippen molar-refractivity contribution in [3.8, 4) is 0 Å². The minimum absolute atomic E-state index is 0.274. The Bertz CT molecular complexity index is 1130. The van der Waals surface area contributed by atoms with E-state index in [1.807, 2.05) is 25.1 Å². The van der Waals surface area contributed by atoms with Crippen molar-refractivity contribution in [1.82, 2.24) is 10.1 Å². The molecule has 0 aliphatic carbocycles. The van der Waals surface area contributed by atoms with E-state index in [1.54, 1.807) is 12.1 Å². The number of aromatic nitrogens is 2. The number of anilines is 1. The van der Waals surface area contributed by atoms with Gasteiger partial charge in [-0.05, 0) is 25.1 Å². The number of hydrogen-bond donors (Lipinski definition) is 1. The molecule has 2 heterocycles. The van der Waals surface area contributed by atoms with E-state index in [0.717, 1.165) is 34.1 Å². The van der Waals surface area contributed by atoms with Crippen molar-refractivity contribution >= 4 is 44.4 Å². The molecule has 1 N–H and O–H groups in total. The molecule has 4 aromatic rings. The topological polar surface area (TPSA) is 68.0 Å². The maximum Gasteiger partial charge on any atom is 0.258 e. The molecule has 4 rings (SSSR count). The molecule has 2 aromatic carbocycles. The third-order valence-electron chi connectivity index (χ3n) is 3.83. The molecule has 0 atom stereocenters. The number of fused-ring (bicyclic) bond motifs is 1. The first kappa shape index (κ1) is 18.6. The van der Waals surface area contributed by atoms with Gasteiger partial charge < -0.3 is 4.52 Å². The summed E-state index contributed by atoms with van der Waals surface area (Å²) in [6.45, 7) is 1.84. The number of hydrogen-bond acceptors (Lipinski definition) is 6. The molecule has 5 nitrogen and oxygen atoms in total. The minimum Gasteiger partial charge on any atom is -0.360 e. The van der Waals surface area contributed by atoms with Gasteiger partial charge in [0.1, 0.15) is 5.76 Å². The normalized spacial score (nSPS) is 11.1. The molecule has 9 heteroatoms. The molecule has 0 aliphatic heterocycles. The predicted molar refractivity (Wildman–Crippen MR) is 105 cm³/mol. The van der Waals surface area contributed by atoms with Crippen molar-refractivity contribution in [2.45, 2.75) is 17.6 Å². The lowest BCUT2D eigenvalue weighted by atomic mass is 10.2. The van der Waals surface area contributed by atoms with Crippen LogP contribution in [-0.4, -0.2) is 16.0 Å². The number of amides is 1. The van der Waals surface area contributed by atoms with Crippen LogP contribution in [0.3, 0.4) is 0 Å². The molecule has 0 unspecified atom stereocenters. The second kappa shape index (κ2) is 7.69. The average molecular weight is 417 g/mol. The first-order valence-electron chi connectivity index (χ1n) is 8.20. The molecule has 0 radical (unpaired) electrons. The highest BCUT2D eigenvalue weighted by Crippen LogP contribution is 2.30. The van der Waals surface area contributed by atoms with Gasteiger partial charge in [-0.25, -0.2) is 13.8 Å². The van der Waals surface area contributed by atoms with E-state index < -0.39 is 11.6 Å². The lowest BCUT2D eigenvalue weighted by Gasteiger charge is -2.07.